The first-order chi connectivity index (χ1) is 7.42. The minimum absolute atomic E-state index is 0.276. The maximum atomic E-state index is 12.0. The Hall–Kier alpha value is -0.390. The zero-order chi connectivity index (χ0) is 12.2. The van der Waals surface area contributed by atoms with Crippen LogP contribution in [0.25, 0.3) is 0 Å². The second kappa shape index (κ2) is 5.80. The molecule has 94 valence electrons. The van der Waals surface area contributed by atoms with Crippen LogP contribution in [0.15, 0.2) is 12.2 Å². The van der Waals surface area contributed by atoms with Crippen molar-refractivity contribution in [2.24, 2.45) is 5.92 Å². The van der Waals surface area contributed by atoms with Crippen LogP contribution in [0.3, 0.4) is 0 Å². The lowest BCUT2D eigenvalue weighted by atomic mass is 10.0. The molecule has 1 saturated heterocycles. The van der Waals surface area contributed by atoms with Crippen LogP contribution in [0, 0.1) is 5.92 Å². The number of hydrogen-bond donors (Lipinski definition) is 1. The van der Waals surface area contributed by atoms with Gasteiger partial charge < -0.3 is 5.32 Å². The molecule has 0 aromatic rings. The summed E-state index contributed by atoms with van der Waals surface area (Å²) in [6.07, 6.45) is 1.92. The molecule has 4 nitrogen and oxygen atoms in total. The summed E-state index contributed by atoms with van der Waals surface area (Å²) in [6.45, 7) is 7.88. The maximum absolute atomic E-state index is 12.0. The van der Waals surface area contributed by atoms with Crippen LogP contribution < -0.4 is 5.32 Å². The van der Waals surface area contributed by atoms with Gasteiger partial charge in [0.1, 0.15) is 0 Å². The van der Waals surface area contributed by atoms with Gasteiger partial charge in [0.05, 0.1) is 5.75 Å². The van der Waals surface area contributed by atoms with Gasteiger partial charge in [0, 0.05) is 13.6 Å². The van der Waals surface area contributed by atoms with E-state index in [9.17, 15) is 8.42 Å². The number of nitrogens with one attached hydrogen (secondary N) is 1. The summed E-state index contributed by atoms with van der Waals surface area (Å²) in [7, 11) is -1.48. The topological polar surface area (TPSA) is 49.4 Å². The van der Waals surface area contributed by atoms with Gasteiger partial charge in [0.15, 0.2) is 0 Å². The van der Waals surface area contributed by atoms with Crippen LogP contribution in [0.2, 0.25) is 0 Å². The van der Waals surface area contributed by atoms with E-state index in [2.05, 4.69) is 11.9 Å². The van der Waals surface area contributed by atoms with Gasteiger partial charge in [-0.2, -0.15) is 0 Å². The number of sulfonamides is 1. The first-order valence-electron chi connectivity index (χ1n) is 5.71. The fraction of sp³-hybridized carbons (Fsp3) is 0.818. The van der Waals surface area contributed by atoms with Crippen LogP contribution in [-0.4, -0.2) is 45.2 Å². The van der Waals surface area contributed by atoms with E-state index in [0.29, 0.717) is 12.5 Å². The van der Waals surface area contributed by atoms with E-state index < -0.39 is 10.0 Å². The van der Waals surface area contributed by atoms with Crippen molar-refractivity contribution in [1.29, 1.82) is 0 Å². The van der Waals surface area contributed by atoms with Gasteiger partial charge in [0.25, 0.3) is 0 Å². The van der Waals surface area contributed by atoms with E-state index in [-0.39, 0.29) is 5.75 Å². The lowest BCUT2D eigenvalue weighted by molar-refractivity contribution is 0.392. The van der Waals surface area contributed by atoms with Crippen molar-refractivity contribution in [3.05, 3.63) is 12.2 Å². The molecule has 0 spiro atoms. The molecule has 1 heterocycles. The van der Waals surface area contributed by atoms with Crippen molar-refractivity contribution < 1.29 is 8.42 Å². The predicted octanol–water partition coefficient (Wildman–Crippen LogP) is 0.824. The molecule has 0 atom stereocenters. The third kappa shape index (κ3) is 4.23. The van der Waals surface area contributed by atoms with E-state index in [4.69, 9.17) is 0 Å². The van der Waals surface area contributed by atoms with E-state index in [1.807, 2.05) is 6.92 Å². The van der Waals surface area contributed by atoms with Gasteiger partial charge in [-0.15, -0.1) is 0 Å². The van der Waals surface area contributed by atoms with Gasteiger partial charge in [0.2, 0.25) is 10.0 Å². The van der Waals surface area contributed by atoms with Crippen molar-refractivity contribution in [3.63, 3.8) is 0 Å². The molecule has 5 heteroatoms. The van der Waals surface area contributed by atoms with Crippen LogP contribution in [0.5, 0.6) is 0 Å². The van der Waals surface area contributed by atoms with E-state index in [1.165, 1.54) is 4.31 Å². The second-order valence-electron chi connectivity index (χ2n) is 4.69. The molecule has 0 bridgehead atoms. The normalized spacial score (nSPS) is 18.9. The SMILES string of the molecule is C=C(C)CN(C)S(=O)(=O)CC1CCNCC1. The Balaban J connectivity index is 2.52. The molecule has 1 aliphatic heterocycles. The molecule has 0 unspecified atom stereocenters. The third-order valence-electron chi connectivity index (χ3n) is 2.87. The fourth-order valence-electron chi connectivity index (χ4n) is 1.95. The first kappa shape index (κ1) is 13.7. The quantitative estimate of drug-likeness (QED) is 0.731. The molecule has 1 rings (SSSR count). The summed E-state index contributed by atoms with van der Waals surface area (Å²) < 4.78 is 25.4. The molecule has 0 aromatic heterocycles. The second-order valence-corrected chi connectivity index (χ2v) is 6.81. The van der Waals surface area contributed by atoms with E-state index >= 15 is 0 Å². The lowest BCUT2D eigenvalue weighted by Gasteiger charge is -2.25. The Morgan fingerprint density at radius 3 is 2.50 bits per heavy atom. The average Bonchev–Trinajstić information content (AvgIpc) is 2.17. The Morgan fingerprint density at radius 1 is 1.44 bits per heavy atom. The van der Waals surface area contributed by atoms with Crippen molar-refractivity contribution in [2.45, 2.75) is 19.8 Å². The molecule has 1 aliphatic rings. The van der Waals surface area contributed by atoms with Crippen LogP contribution in [-0.2, 0) is 10.0 Å². The average molecular weight is 246 g/mol. The van der Waals surface area contributed by atoms with E-state index in [1.54, 1.807) is 7.05 Å². The monoisotopic (exact) mass is 246 g/mol. The molecule has 0 saturated carbocycles. The summed E-state index contributed by atoms with van der Waals surface area (Å²) in [6, 6.07) is 0. The number of hydrogen-bond acceptors (Lipinski definition) is 3. The highest BCUT2D eigenvalue weighted by Crippen LogP contribution is 2.16. The molecular formula is C11H22N2O2S. The van der Waals surface area contributed by atoms with E-state index in [0.717, 1.165) is 31.5 Å². The predicted molar refractivity (Wildman–Crippen MR) is 66.8 cm³/mol. The fourth-order valence-corrected chi connectivity index (χ4v) is 3.55. The molecular weight excluding hydrogens is 224 g/mol. The zero-order valence-electron chi connectivity index (χ0n) is 10.2. The Labute approximate surface area is 98.8 Å². The lowest BCUT2D eigenvalue weighted by Crippen LogP contribution is -2.37. The van der Waals surface area contributed by atoms with Gasteiger partial charge in [-0.3, -0.25) is 0 Å². The standard InChI is InChI=1S/C11H22N2O2S/c1-10(2)8-13(3)16(14,15)9-11-4-6-12-7-5-11/h11-12H,1,4-9H2,2-3H3. The summed E-state index contributed by atoms with van der Waals surface area (Å²) in [4.78, 5) is 0. The zero-order valence-corrected chi connectivity index (χ0v) is 11.0. The number of nitrogens with zero attached hydrogens (tertiary/aromatic N) is 1. The largest absolute Gasteiger partial charge is 0.317 e. The van der Waals surface area contributed by atoms with Gasteiger partial charge in [-0.25, -0.2) is 12.7 Å². The molecule has 16 heavy (non-hydrogen) atoms. The highest BCUT2D eigenvalue weighted by molar-refractivity contribution is 7.89. The van der Waals surface area contributed by atoms with Crippen molar-refractivity contribution >= 4 is 10.0 Å². The summed E-state index contributed by atoms with van der Waals surface area (Å²) in [5, 5.41) is 3.24. The Morgan fingerprint density at radius 2 is 2.00 bits per heavy atom. The maximum Gasteiger partial charge on any atom is 0.214 e. The number of rotatable bonds is 5. The summed E-state index contributed by atoms with van der Waals surface area (Å²) >= 11 is 0. The highest BCUT2D eigenvalue weighted by Gasteiger charge is 2.24. The van der Waals surface area contributed by atoms with Crippen molar-refractivity contribution in [2.75, 3.05) is 32.4 Å². The Kier molecular flexibility index (Phi) is 4.95. The number of piperidine rings is 1. The smallest absolute Gasteiger partial charge is 0.214 e. The minimum Gasteiger partial charge on any atom is -0.317 e. The Bertz CT molecular complexity index is 332. The summed E-state index contributed by atoms with van der Waals surface area (Å²) in [5.41, 5.74) is 0.872. The first-order valence-corrected chi connectivity index (χ1v) is 7.32. The minimum atomic E-state index is -3.11. The van der Waals surface area contributed by atoms with Crippen LogP contribution >= 0.6 is 0 Å². The molecule has 0 aliphatic carbocycles. The van der Waals surface area contributed by atoms with Crippen LogP contribution in [0.4, 0.5) is 0 Å². The van der Waals surface area contributed by atoms with Gasteiger partial charge >= 0.3 is 0 Å². The third-order valence-corrected chi connectivity index (χ3v) is 4.84. The number of likely N-dealkylation sites (N-methyl/N-ethyl adjacent to an activating group) is 1. The molecule has 0 amide bonds. The molecule has 1 fully saturated rings. The molecule has 0 radical (unpaired) electrons. The highest BCUT2D eigenvalue weighted by atomic mass is 32.2. The summed E-state index contributed by atoms with van der Waals surface area (Å²) in [5.74, 6) is 0.581. The van der Waals surface area contributed by atoms with Crippen molar-refractivity contribution in [3.8, 4) is 0 Å². The van der Waals surface area contributed by atoms with Gasteiger partial charge in [-0.1, -0.05) is 12.2 Å². The molecule has 1 N–H and O–H groups in total. The van der Waals surface area contributed by atoms with Crippen molar-refractivity contribution in [1.82, 2.24) is 9.62 Å². The molecule has 0 aromatic carbocycles. The van der Waals surface area contributed by atoms with Crippen LogP contribution in [0.1, 0.15) is 19.8 Å². The van der Waals surface area contributed by atoms with Gasteiger partial charge in [-0.05, 0) is 38.8 Å².